The van der Waals surface area contributed by atoms with E-state index in [1.807, 2.05) is 0 Å². The molecule has 0 unspecified atom stereocenters. The number of carbonyl (C=O) groups excluding carboxylic acids is 2. The fraction of sp³-hybridized carbons (Fsp3) is 0.0588. The molecule has 2 aromatic carbocycles. The van der Waals surface area contributed by atoms with E-state index in [-0.39, 0.29) is 0 Å². The number of hydrogen-bond acceptors (Lipinski definition) is 3. The highest BCUT2D eigenvalue weighted by Crippen LogP contribution is 2.20. The van der Waals surface area contributed by atoms with Gasteiger partial charge in [0.25, 0.3) is 11.8 Å². The molecule has 0 bridgehead atoms. The molecule has 3 N–H and O–H groups in total. The largest absolute Gasteiger partial charge is 0.496 e. The molecule has 1 heterocycles. The van der Waals surface area contributed by atoms with E-state index in [2.05, 4.69) is 15.8 Å². The number of hydrogen-bond donors (Lipinski definition) is 3. The smallest absolute Gasteiger partial charge is 0.286 e. The van der Waals surface area contributed by atoms with Crippen LogP contribution in [0.25, 0.3) is 10.9 Å². The normalized spacial score (nSPS) is 10.4. The van der Waals surface area contributed by atoms with Crippen molar-refractivity contribution in [2.75, 3.05) is 7.11 Å². The molecule has 0 aliphatic heterocycles. The molecule has 0 spiro atoms. The van der Waals surface area contributed by atoms with Crippen molar-refractivity contribution in [2.45, 2.75) is 0 Å². The SMILES string of the molecule is COc1ccccc1C(=O)NNC(=O)c1cc2cc(Cl)ccc2[nH]1. The molecule has 7 heteroatoms. The van der Waals surface area contributed by atoms with Gasteiger partial charge in [-0.05, 0) is 36.4 Å². The number of aromatic amines is 1. The Morgan fingerprint density at radius 1 is 1.04 bits per heavy atom. The Morgan fingerprint density at radius 3 is 2.58 bits per heavy atom. The van der Waals surface area contributed by atoms with Crippen molar-refractivity contribution >= 4 is 34.3 Å². The Bertz CT molecular complexity index is 920. The molecule has 3 aromatic rings. The zero-order valence-electron chi connectivity index (χ0n) is 12.7. The fourth-order valence-corrected chi connectivity index (χ4v) is 2.49. The second kappa shape index (κ2) is 6.64. The van der Waals surface area contributed by atoms with Gasteiger partial charge in [-0.3, -0.25) is 20.4 Å². The van der Waals surface area contributed by atoms with Gasteiger partial charge in [-0.15, -0.1) is 0 Å². The lowest BCUT2D eigenvalue weighted by atomic mass is 10.2. The minimum absolute atomic E-state index is 0.313. The van der Waals surface area contributed by atoms with Crippen LogP contribution in [0.2, 0.25) is 5.02 Å². The lowest BCUT2D eigenvalue weighted by molar-refractivity contribution is 0.0842. The van der Waals surface area contributed by atoms with E-state index in [1.165, 1.54) is 7.11 Å². The van der Waals surface area contributed by atoms with Crippen LogP contribution >= 0.6 is 11.6 Å². The first kappa shape index (κ1) is 15.9. The number of hydrazine groups is 1. The second-order valence-corrected chi connectivity index (χ2v) is 5.46. The number of benzene rings is 2. The number of ether oxygens (including phenoxy) is 1. The van der Waals surface area contributed by atoms with Crippen molar-refractivity contribution in [3.05, 3.63) is 64.8 Å². The monoisotopic (exact) mass is 343 g/mol. The number of rotatable bonds is 3. The highest BCUT2D eigenvalue weighted by atomic mass is 35.5. The maximum Gasteiger partial charge on any atom is 0.286 e. The average Bonchev–Trinajstić information content (AvgIpc) is 3.02. The minimum Gasteiger partial charge on any atom is -0.496 e. The molecular weight excluding hydrogens is 330 g/mol. The van der Waals surface area contributed by atoms with Crippen LogP contribution in [0.5, 0.6) is 5.75 Å². The quantitative estimate of drug-likeness (QED) is 0.639. The van der Waals surface area contributed by atoms with Crippen LogP contribution in [-0.4, -0.2) is 23.9 Å². The van der Waals surface area contributed by atoms with E-state index in [1.54, 1.807) is 48.5 Å². The van der Waals surface area contributed by atoms with Crippen molar-refractivity contribution in [1.29, 1.82) is 0 Å². The number of fused-ring (bicyclic) bond motifs is 1. The first-order valence-electron chi connectivity index (χ1n) is 7.10. The van der Waals surface area contributed by atoms with Gasteiger partial charge in [0, 0.05) is 15.9 Å². The molecule has 0 atom stereocenters. The zero-order valence-corrected chi connectivity index (χ0v) is 13.5. The van der Waals surface area contributed by atoms with E-state index in [0.29, 0.717) is 22.0 Å². The Hall–Kier alpha value is -2.99. The summed E-state index contributed by atoms with van der Waals surface area (Å²) < 4.78 is 5.12. The molecule has 0 saturated heterocycles. The molecule has 6 nitrogen and oxygen atoms in total. The molecule has 2 amide bonds. The van der Waals surface area contributed by atoms with Crippen LogP contribution in [0.15, 0.2) is 48.5 Å². The summed E-state index contributed by atoms with van der Waals surface area (Å²) in [6, 6.07) is 13.6. The van der Waals surface area contributed by atoms with Gasteiger partial charge in [0.1, 0.15) is 11.4 Å². The van der Waals surface area contributed by atoms with E-state index >= 15 is 0 Å². The number of nitrogens with one attached hydrogen (secondary N) is 3. The molecule has 0 saturated carbocycles. The Balaban J connectivity index is 1.71. The maximum absolute atomic E-state index is 12.2. The number of carbonyl (C=O) groups is 2. The molecular formula is C17H14ClN3O3. The highest BCUT2D eigenvalue weighted by molar-refractivity contribution is 6.31. The first-order valence-corrected chi connectivity index (χ1v) is 7.48. The van der Waals surface area contributed by atoms with Gasteiger partial charge in [-0.1, -0.05) is 23.7 Å². The number of amides is 2. The summed E-state index contributed by atoms with van der Waals surface area (Å²) in [5.41, 5.74) is 6.14. The van der Waals surface area contributed by atoms with Crippen LogP contribution in [0, 0.1) is 0 Å². The predicted molar refractivity (Wildman–Crippen MR) is 91.2 cm³/mol. The van der Waals surface area contributed by atoms with E-state index < -0.39 is 11.8 Å². The maximum atomic E-state index is 12.2. The van der Waals surface area contributed by atoms with Gasteiger partial charge in [-0.25, -0.2) is 0 Å². The summed E-state index contributed by atoms with van der Waals surface area (Å²) in [4.78, 5) is 27.3. The number of para-hydroxylation sites is 1. The van der Waals surface area contributed by atoms with Crippen molar-refractivity contribution in [3.63, 3.8) is 0 Å². The van der Waals surface area contributed by atoms with Crippen LogP contribution < -0.4 is 15.6 Å². The molecule has 0 aliphatic rings. The Morgan fingerprint density at radius 2 is 1.79 bits per heavy atom. The third-order valence-corrected chi connectivity index (χ3v) is 3.70. The summed E-state index contributed by atoms with van der Waals surface area (Å²) >= 11 is 5.92. The molecule has 0 fully saturated rings. The van der Waals surface area contributed by atoms with Gasteiger partial charge >= 0.3 is 0 Å². The van der Waals surface area contributed by atoms with Crippen LogP contribution in [0.1, 0.15) is 20.8 Å². The van der Waals surface area contributed by atoms with Gasteiger partial charge < -0.3 is 9.72 Å². The third-order valence-electron chi connectivity index (χ3n) is 3.47. The molecule has 3 rings (SSSR count). The second-order valence-electron chi connectivity index (χ2n) is 5.02. The van der Waals surface area contributed by atoms with E-state index in [9.17, 15) is 9.59 Å². The fourth-order valence-electron chi connectivity index (χ4n) is 2.31. The van der Waals surface area contributed by atoms with Crippen molar-refractivity contribution in [2.24, 2.45) is 0 Å². The lowest BCUT2D eigenvalue weighted by Gasteiger charge is -2.09. The Kier molecular flexibility index (Phi) is 4.39. The molecule has 24 heavy (non-hydrogen) atoms. The van der Waals surface area contributed by atoms with E-state index in [4.69, 9.17) is 16.3 Å². The Labute approximate surface area is 142 Å². The zero-order chi connectivity index (χ0) is 17.1. The summed E-state index contributed by atoms with van der Waals surface area (Å²) in [6.45, 7) is 0. The summed E-state index contributed by atoms with van der Waals surface area (Å²) in [5.74, 6) is -0.518. The van der Waals surface area contributed by atoms with Gasteiger partial charge in [-0.2, -0.15) is 0 Å². The summed E-state index contributed by atoms with van der Waals surface area (Å²) in [5, 5.41) is 1.39. The molecule has 122 valence electrons. The minimum atomic E-state index is -0.472. The molecule has 1 aromatic heterocycles. The van der Waals surface area contributed by atoms with Gasteiger partial charge in [0.2, 0.25) is 0 Å². The number of aromatic nitrogens is 1. The van der Waals surface area contributed by atoms with Crippen molar-refractivity contribution in [1.82, 2.24) is 15.8 Å². The number of H-pyrrole nitrogens is 1. The van der Waals surface area contributed by atoms with Crippen molar-refractivity contribution in [3.8, 4) is 5.75 Å². The topological polar surface area (TPSA) is 83.2 Å². The average molecular weight is 344 g/mol. The summed E-state index contributed by atoms with van der Waals surface area (Å²) in [7, 11) is 1.47. The van der Waals surface area contributed by atoms with Gasteiger partial charge in [0.15, 0.2) is 0 Å². The number of halogens is 1. The highest BCUT2D eigenvalue weighted by Gasteiger charge is 2.14. The summed E-state index contributed by atoms with van der Waals surface area (Å²) in [6.07, 6.45) is 0. The van der Waals surface area contributed by atoms with Crippen LogP contribution in [0.3, 0.4) is 0 Å². The number of methoxy groups -OCH3 is 1. The lowest BCUT2D eigenvalue weighted by Crippen LogP contribution is -2.41. The van der Waals surface area contributed by atoms with Crippen LogP contribution in [-0.2, 0) is 0 Å². The standard InChI is InChI=1S/C17H14ClN3O3/c1-24-15-5-3-2-4-12(15)16(22)20-21-17(23)14-9-10-8-11(18)6-7-13(10)19-14/h2-9,19H,1H3,(H,20,22)(H,21,23). The first-order chi connectivity index (χ1) is 11.6. The molecule has 0 radical (unpaired) electrons. The third kappa shape index (κ3) is 3.18. The van der Waals surface area contributed by atoms with Crippen molar-refractivity contribution < 1.29 is 14.3 Å². The predicted octanol–water partition coefficient (Wildman–Crippen LogP) is 2.90. The van der Waals surface area contributed by atoms with Gasteiger partial charge in [0.05, 0.1) is 12.7 Å². The molecule has 0 aliphatic carbocycles. The van der Waals surface area contributed by atoms with E-state index in [0.717, 1.165) is 10.9 Å². The van der Waals surface area contributed by atoms with Crippen LogP contribution in [0.4, 0.5) is 0 Å².